The van der Waals surface area contributed by atoms with Crippen LogP contribution in [0.4, 0.5) is 0 Å². The summed E-state index contributed by atoms with van der Waals surface area (Å²) < 4.78 is 5.27. The Morgan fingerprint density at radius 2 is 1.88 bits per heavy atom. The number of carbonyl (C=O) groups is 2. The van der Waals surface area contributed by atoms with Crippen molar-refractivity contribution in [1.29, 1.82) is 0 Å². The van der Waals surface area contributed by atoms with Crippen molar-refractivity contribution in [3.05, 3.63) is 59.4 Å². The lowest BCUT2D eigenvalue weighted by molar-refractivity contribution is 0.0947. The number of benzene rings is 1. The maximum absolute atomic E-state index is 12.4. The third kappa shape index (κ3) is 5.58. The summed E-state index contributed by atoms with van der Waals surface area (Å²) in [6.45, 7) is 5.11. The number of carbonyl (C=O) groups excluding carboxylic acids is 2. The van der Waals surface area contributed by atoms with Crippen LogP contribution >= 0.6 is 0 Å². The van der Waals surface area contributed by atoms with Gasteiger partial charge in [-0.3, -0.25) is 14.6 Å². The fourth-order valence-corrected chi connectivity index (χ4v) is 2.39. The van der Waals surface area contributed by atoms with Crippen LogP contribution in [0.1, 0.15) is 46.7 Å². The Hall–Kier alpha value is -2.89. The lowest BCUT2D eigenvalue weighted by atomic mass is 10.1. The highest BCUT2D eigenvalue weighted by Crippen LogP contribution is 2.16. The number of para-hydroxylation sites is 1. The van der Waals surface area contributed by atoms with Gasteiger partial charge in [-0.2, -0.15) is 0 Å². The molecular weight excluding hydrogens is 330 g/mol. The molecule has 0 aliphatic rings. The van der Waals surface area contributed by atoms with Crippen LogP contribution in [-0.4, -0.2) is 30.5 Å². The molecule has 1 heterocycles. The molecular formula is C20H25N3O3. The molecule has 2 rings (SSSR count). The Labute approximate surface area is 154 Å². The summed E-state index contributed by atoms with van der Waals surface area (Å²) in [5.41, 5.74) is 1.51. The van der Waals surface area contributed by atoms with Gasteiger partial charge in [0.05, 0.1) is 7.11 Å². The van der Waals surface area contributed by atoms with Gasteiger partial charge < -0.3 is 15.4 Å². The maximum Gasteiger partial charge on any atom is 0.269 e. The van der Waals surface area contributed by atoms with Crippen molar-refractivity contribution in [2.75, 3.05) is 13.7 Å². The predicted octanol–water partition coefficient (Wildman–Crippen LogP) is 2.80. The Bertz CT molecular complexity index is 759. The molecule has 2 amide bonds. The molecule has 0 saturated carbocycles. The van der Waals surface area contributed by atoms with Gasteiger partial charge in [0.15, 0.2) is 0 Å². The van der Waals surface area contributed by atoms with Gasteiger partial charge in [-0.25, -0.2) is 0 Å². The number of hydrogen-bond donors (Lipinski definition) is 2. The highest BCUT2D eigenvalue weighted by atomic mass is 16.5. The number of pyridine rings is 1. The first kappa shape index (κ1) is 19.4. The molecule has 0 radical (unpaired) electrons. The largest absolute Gasteiger partial charge is 0.496 e. The van der Waals surface area contributed by atoms with Crippen molar-refractivity contribution in [3.63, 3.8) is 0 Å². The lowest BCUT2D eigenvalue weighted by Crippen LogP contribution is -2.27. The molecule has 0 atom stereocenters. The standard InChI is InChI=1S/C20H25N3O3/c1-14(2)8-10-22-20(25)17-12-15(9-11-21-17)19(24)23-13-16-6-4-5-7-18(16)26-3/h4-7,9,11-12,14H,8,10,13H2,1-3H3,(H,22,25)(H,23,24). The maximum atomic E-state index is 12.4. The van der Waals surface area contributed by atoms with Gasteiger partial charge >= 0.3 is 0 Å². The molecule has 138 valence electrons. The molecule has 1 aromatic carbocycles. The van der Waals surface area contributed by atoms with Crippen molar-refractivity contribution < 1.29 is 14.3 Å². The first-order valence-electron chi connectivity index (χ1n) is 8.65. The zero-order valence-corrected chi connectivity index (χ0v) is 15.4. The lowest BCUT2D eigenvalue weighted by Gasteiger charge is -2.10. The number of nitrogens with one attached hydrogen (secondary N) is 2. The smallest absolute Gasteiger partial charge is 0.269 e. The van der Waals surface area contributed by atoms with Crippen molar-refractivity contribution in [1.82, 2.24) is 15.6 Å². The third-order valence-electron chi connectivity index (χ3n) is 3.89. The molecule has 26 heavy (non-hydrogen) atoms. The molecule has 0 bridgehead atoms. The minimum Gasteiger partial charge on any atom is -0.496 e. The molecule has 0 aliphatic carbocycles. The Morgan fingerprint density at radius 3 is 2.62 bits per heavy atom. The van der Waals surface area contributed by atoms with Crippen LogP contribution in [0.25, 0.3) is 0 Å². The van der Waals surface area contributed by atoms with E-state index in [4.69, 9.17) is 4.74 Å². The number of nitrogens with zero attached hydrogens (tertiary/aromatic N) is 1. The SMILES string of the molecule is COc1ccccc1CNC(=O)c1ccnc(C(=O)NCCC(C)C)c1. The van der Waals surface area contributed by atoms with E-state index >= 15 is 0 Å². The Morgan fingerprint density at radius 1 is 1.12 bits per heavy atom. The fraction of sp³-hybridized carbons (Fsp3) is 0.350. The van der Waals surface area contributed by atoms with Crippen molar-refractivity contribution >= 4 is 11.8 Å². The summed E-state index contributed by atoms with van der Waals surface area (Å²) in [5.74, 6) is 0.683. The van der Waals surface area contributed by atoms with E-state index in [1.165, 1.54) is 12.3 Å². The molecule has 6 heteroatoms. The van der Waals surface area contributed by atoms with Crippen LogP contribution in [0.3, 0.4) is 0 Å². The summed E-state index contributed by atoms with van der Waals surface area (Å²) in [7, 11) is 1.59. The monoisotopic (exact) mass is 355 g/mol. The van der Waals surface area contributed by atoms with Crippen LogP contribution in [0, 0.1) is 5.92 Å². The second-order valence-electron chi connectivity index (χ2n) is 6.36. The second kappa shape index (κ2) is 9.56. The molecule has 2 aromatic rings. The molecule has 1 aromatic heterocycles. The van der Waals surface area contributed by atoms with Crippen LogP contribution in [0.15, 0.2) is 42.6 Å². The summed E-state index contributed by atoms with van der Waals surface area (Å²) in [4.78, 5) is 28.6. The van der Waals surface area contributed by atoms with Crippen molar-refractivity contribution in [3.8, 4) is 5.75 Å². The van der Waals surface area contributed by atoms with E-state index in [1.54, 1.807) is 13.2 Å². The van der Waals surface area contributed by atoms with Crippen LogP contribution in [0.2, 0.25) is 0 Å². The zero-order valence-electron chi connectivity index (χ0n) is 15.4. The molecule has 6 nitrogen and oxygen atoms in total. The summed E-state index contributed by atoms with van der Waals surface area (Å²) in [5, 5.41) is 5.66. The van der Waals surface area contributed by atoms with Gasteiger partial charge in [0.2, 0.25) is 0 Å². The first-order valence-corrected chi connectivity index (χ1v) is 8.65. The van der Waals surface area contributed by atoms with Gasteiger partial charge in [-0.05, 0) is 30.5 Å². The van der Waals surface area contributed by atoms with E-state index < -0.39 is 0 Å². The van der Waals surface area contributed by atoms with Crippen molar-refractivity contribution in [2.45, 2.75) is 26.8 Å². The quantitative estimate of drug-likeness (QED) is 0.763. The van der Waals surface area contributed by atoms with E-state index in [0.29, 0.717) is 30.3 Å². The summed E-state index contributed by atoms with van der Waals surface area (Å²) in [6, 6.07) is 10.6. The molecule has 0 saturated heterocycles. The molecule has 0 aliphatic heterocycles. The van der Waals surface area contributed by atoms with Gasteiger partial charge in [0, 0.05) is 30.4 Å². The molecule has 2 N–H and O–H groups in total. The second-order valence-corrected chi connectivity index (χ2v) is 6.36. The average Bonchev–Trinajstić information content (AvgIpc) is 2.66. The van der Waals surface area contributed by atoms with Gasteiger partial charge in [0.1, 0.15) is 11.4 Å². The predicted molar refractivity (Wildman–Crippen MR) is 100 cm³/mol. The van der Waals surface area contributed by atoms with Crippen LogP contribution in [0.5, 0.6) is 5.75 Å². The average molecular weight is 355 g/mol. The minimum absolute atomic E-state index is 0.235. The number of ether oxygens (including phenoxy) is 1. The highest BCUT2D eigenvalue weighted by Gasteiger charge is 2.12. The normalized spacial score (nSPS) is 10.5. The third-order valence-corrected chi connectivity index (χ3v) is 3.89. The van der Waals surface area contributed by atoms with Gasteiger partial charge in [-0.1, -0.05) is 32.0 Å². The van der Waals surface area contributed by atoms with E-state index in [0.717, 1.165) is 12.0 Å². The van der Waals surface area contributed by atoms with E-state index in [-0.39, 0.29) is 17.5 Å². The zero-order chi connectivity index (χ0) is 18.9. The highest BCUT2D eigenvalue weighted by molar-refractivity contribution is 5.98. The molecule has 0 fully saturated rings. The fourth-order valence-electron chi connectivity index (χ4n) is 2.39. The number of methoxy groups -OCH3 is 1. The van der Waals surface area contributed by atoms with Crippen LogP contribution < -0.4 is 15.4 Å². The molecule has 0 unspecified atom stereocenters. The Kier molecular flexibility index (Phi) is 7.14. The van der Waals surface area contributed by atoms with Crippen LogP contribution in [-0.2, 0) is 6.54 Å². The van der Waals surface area contributed by atoms with E-state index in [9.17, 15) is 9.59 Å². The van der Waals surface area contributed by atoms with E-state index in [2.05, 4.69) is 29.5 Å². The summed E-state index contributed by atoms with van der Waals surface area (Å²) >= 11 is 0. The minimum atomic E-state index is -0.273. The van der Waals surface area contributed by atoms with Gasteiger partial charge in [0.25, 0.3) is 11.8 Å². The topological polar surface area (TPSA) is 80.3 Å². The first-order chi connectivity index (χ1) is 12.5. The Balaban J connectivity index is 1.98. The van der Waals surface area contributed by atoms with Crippen molar-refractivity contribution in [2.24, 2.45) is 5.92 Å². The number of rotatable bonds is 8. The number of aromatic nitrogens is 1. The van der Waals surface area contributed by atoms with E-state index in [1.807, 2.05) is 24.3 Å². The number of hydrogen-bond acceptors (Lipinski definition) is 4. The summed E-state index contributed by atoms with van der Waals surface area (Å²) in [6.07, 6.45) is 2.36. The van der Waals surface area contributed by atoms with Gasteiger partial charge in [-0.15, -0.1) is 0 Å². The molecule has 0 spiro atoms. The number of amides is 2.